The number of para-hydroxylation sites is 1. The lowest BCUT2D eigenvalue weighted by Gasteiger charge is -2.11. The van der Waals surface area contributed by atoms with E-state index < -0.39 is 0 Å². The Hall–Kier alpha value is -3.00. The lowest BCUT2D eigenvalue weighted by Crippen LogP contribution is -2.17. The smallest absolute Gasteiger partial charge is 0.0967 e. The van der Waals surface area contributed by atoms with Crippen LogP contribution in [0.2, 0.25) is 0 Å². The summed E-state index contributed by atoms with van der Waals surface area (Å²) in [7, 11) is 0. The van der Waals surface area contributed by atoms with Gasteiger partial charge in [-0.2, -0.15) is 0 Å². The van der Waals surface area contributed by atoms with Crippen molar-refractivity contribution in [1.82, 2.24) is 0 Å². The topological polar surface area (TPSA) is 24.7 Å². The Morgan fingerprint density at radius 3 is 1.83 bits per heavy atom. The number of nitrogens with zero attached hydrogens (tertiary/aromatic N) is 2. The molecule has 2 nitrogen and oxygen atoms in total. The SMILES string of the molecule is CC1N=C(c2ccccc2)C(c2ccccc2)=Nc2ccccc21. The Balaban J connectivity index is 1.97. The summed E-state index contributed by atoms with van der Waals surface area (Å²) in [6, 6.07) is 28.9. The fraction of sp³-hybridized carbons (Fsp3) is 0.0909. The average molecular weight is 310 g/mol. The molecule has 2 heteroatoms. The first-order valence-electron chi connectivity index (χ1n) is 8.19. The third-order valence-electron chi connectivity index (χ3n) is 4.26. The van der Waals surface area contributed by atoms with Gasteiger partial charge >= 0.3 is 0 Å². The summed E-state index contributed by atoms with van der Waals surface area (Å²) >= 11 is 0. The summed E-state index contributed by atoms with van der Waals surface area (Å²) in [6.07, 6.45) is 0. The van der Waals surface area contributed by atoms with Gasteiger partial charge in [0.05, 0.1) is 23.2 Å². The van der Waals surface area contributed by atoms with Gasteiger partial charge in [0.2, 0.25) is 0 Å². The summed E-state index contributed by atoms with van der Waals surface area (Å²) in [5, 5.41) is 0. The molecule has 24 heavy (non-hydrogen) atoms. The Bertz CT molecular complexity index is 909. The average Bonchev–Trinajstić information content (AvgIpc) is 2.80. The molecule has 1 aliphatic rings. The molecule has 1 aliphatic heterocycles. The van der Waals surface area contributed by atoms with Gasteiger partial charge in [0, 0.05) is 16.7 Å². The van der Waals surface area contributed by atoms with Gasteiger partial charge in [-0.15, -0.1) is 0 Å². The van der Waals surface area contributed by atoms with E-state index in [2.05, 4.69) is 49.4 Å². The van der Waals surface area contributed by atoms with E-state index in [1.165, 1.54) is 0 Å². The highest BCUT2D eigenvalue weighted by atomic mass is 14.9. The molecule has 0 spiro atoms. The van der Waals surface area contributed by atoms with Gasteiger partial charge in [-0.1, -0.05) is 78.9 Å². The van der Waals surface area contributed by atoms with Crippen LogP contribution in [0, 0.1) is 0 Å². The number of aliphatic imine (C=N–C) groups is 2. The highest BCUT2D eigenvalue weighted by Gasteiger charge is 2.21. The van der Waals surface area contributed by atoms with Gasteiger partial charge < -0.3 is 0 Å². The van der Waals surface area contributed by atoms with Crippen LogP contribution < -0.4 is 0 Å². The Labute approximate surface area is 142 Å². The van der Waals surface area contributed by atoms with E-state index in [-0.39, 0.29) is 6.04 Å². The fourth-order valence-electron chi connectivity index (χ4n) is 3.04. The molecule has 0 radical (unpaired) electrons. The Morgan fingerprint density at radius 2 is 1.17 bits per heavy atom. The normalized spacial score (nSPS) is 16.6. The second kappa shape index (κ2) is 6.25. The Morgan fingerprint density at radius 1 is 0.625 bits per heavy atom. The second-order valence-electron chi connectivity index (χ2n) is 5.90. The maximum atomic E-state index is 5.03. The molecular formula is C22H18N2. The van der Waals surface area contributed by atoms with E-state index in [1.807, 2.05) is 42.5 Å². The highest BCUT2D eigenvalue weighted by Crippen LogP contribution is 2.32. The van der Waals surface area contributed by atoms with Crippen molar-refractivity contribution in [3.05, 3.63) is 102 Å². The molecule has 0 fully saturated rings. The van der Waals surface area contributed by atoms with Crippen molar-refractivity contribution < 1.29 is 0 Å². The second-order valence-corrected chi connectivity index (χ2v) is 5.90. The van der Waals surface area contributed by atoms with E-state index in [1.54, 1.807) is 0 Å². The minimum atomic E-state index is 0.0707. The first-order valence-corrected chi connectivity index (χ1v) is 8.19. The van der Waals surface area contributed by atoms with Gasteiger partial charge in [-0.3, -0.25) is 4.99 Å². The molecule has 0 aromatic heterocycles. The largest absolute Gasteiger partial charge is 0.275 e. The summed E-state index contributed by atoms with van der Waals surface area (Å²) < 4.78 is 0. The number of fused-ring (bicyclic) bond motifs is 1. The van der Waals surface area contributed by atoms with Crippen LogP contribution in [0.3, 0.4) is 0 Å². The van der Waals surface area contributed by atoms with Crippen molar-refractivity contribution in [1.29, 1.82) is 0 Å². The molecule has 116 valence electrons. The first kappa shape index (κ1) is 14.6. The van der Waals surface area contributed by atoms with Crippen LogP contribution in [-0.2, 0) is 0 Å². The third kappa shape index (κ3) is 2.67. The molecule has 4 rings (SSSR count). The monoisotopic (exact) mass is 310 g/mol. The minimum absolute atomic E-state index is 0.0707. The van der Waals surface area contributed by atoms with Gasteiger partial charge in [0.1, 0.15) is 0 Å². The number of rotatable bonds is 2. The van der Waals surface area contributed by atoms with Crippen LogP contribution in [0.4, 0.5) is 5.69 Å². The molecule has 1 atom stereocenters. The molecule has 0 saturated heterocycles. The van der Waals surface area contributed by atoms with Crippen LogP contribution in [-0.4, -0.2) is 11.4 Å². The first-order chi connectivity index (χ1) is 11.8. The van der Waals surface area contributed by atoms with E-state index >= 15 is 0 Å². The molecular weight excluding hydrogens is 292 g/mol. The highest BCUT2D eigenvalue weighted by molar-refractivity contribution is 6.54. The lowest BCUT2D eigenvalue weighted by atomic mass is 9.99. The molecule has 3 aromatic carbocycles. The van der Waals surface area contributed by atoms with Crippen LogP contribution in [0.1, 0.15) is 29.7 Å². The van der Waals surface area contributed by atoms with Gasteiger partial charge in [-0.25, -0.2) is 4.99 Å². The quantitative estimate of drug-likeness (QED) is 0.608. The number of hydrogen-bond donors (Lipinski definition) is 0. The summed E-state index contributed by atoms with van der Waals surface area (Å²) in [6.45, 7) is 2.13. The van der Waals surface area contributed by atoms with Crippen molar-refractivity contribution in [2.45, 2.75) is 13.0 Å². The van der Waals surface area contributed by atoms with Gasteiger partial charge in [0.25, 0.3) is 0 Å². The van der Waals surface area contributed by atoms with E-state index in [4.69, 9.17) is 9.98 Å². The van der Waals surface area contributed by atoms with Crippen molar-refractivity contribution in [3.8, 4) is 0 Å². The standard InChI is InChI=1S/C22H18N2/c1-16-19-14-8-9-15-20(19)24-22(18-12-6-3-7-13-18)21(23-16)17-10-4-2-5-11-17/h2-16H,1H3. The van der Waals surface area contributed by atoms with Crippen LogP contribution in [0.25, 0.3) is 0 Å². The van der Waals surface area contributed by atoms with Gasteiger partial charge in [-0.05, 0) is 13.0 Å². The zero-order valence-electron chi connectivity index (χ0n) is 13.6. The maximum Gasteiger partial charge on any atom is 0.0967 e. The maximum absolute atomic E-state index is 5.03. The molecule has 1 unspecified atom stereocenters. The predicted octanol–water partition coefficient (Wildman–Crippen LogP) is 5.37. The van der Waals surface area contributed by atoms with Crippen LogP contribution in [0.15, 0.2) is 94.9 Å². The van der Waals surface area contributed by atoms with Crippen molar-refractivity contribution in [3.63, 3.8) is 0 Å². The molecule has 3 aromatic rings. The fourth-order valence-corrected chi connectivity index (χ4v) is 3.04. The predicted molar refractivity (Wildman–Crippen MR) is 100 cm³/mol. The molecule has 0 N–H and O–H groups in total. The van der Waals surface area contributed by atoms with Crippen molar-refractivity contribution in [2.75, 3.05) is 0 Å². The molecule has 0 bridgehead atoms. The molecule has 0 aliphatic carbocycles. The molecule has 1 heterocycles. The van der Waals surface area contributed by atoms with Gasteiger partial charge in [0.15, 0.2) is 0 Å². The minimum Gasteiger partial charge on any atom is -0.275 e. The number of benzene rings is 3. The van der Waals surface area contributed by atoms with E-state index in [0.29, 0.717) is 0 Å². The Kier molecular flexibility index (Phi) is 3.80. The molecule has 0 amide bonds. The number of hydrogen-bond acceptors (Lipinski definition) is 2. The third-order valence-corrected chi connectivity index (χ3v) is 4.26. The van der Waals surface area contributed by atoms with E-state index in [9.17, 15) is 0 Å². The van der Waals surface area contributed by atoms with Crippen LogP contribution >= 0.6 is 0 Å². The summed E-state index contributed by atoms with van der Waals surface area (Å²) in [5.74, 6) is 0. The zero-order valence-corrected chi connectivity index (χ0v) is 13.6. The van der Waals surface area contributed by atoms with Crippen molar-refractivity contribution in [2.24, 2.45) is 9.98 Å². The lowest BCUT2D eigenvalue weighted by molar-refractivity contribution is 0.826. The summed E-state index contributed by atoms with van der Waals surface area (Å²) in [4.78, 5) is 10.0. The molecule has 0 saturated carbocycles. The zero-order chi connectivity index (χ0) is 16.4. The summed E-state index contributed by atoms with van der Waals surface area (Å²) in [5.41, 5.74) is 6.23. The van der Waals surface area contributed by atoms with Crippen LogP contribution in [0.5, 0.6) is 0 Å². The van der Waals surface area contributed by atoms with Crippen molar-refractivity contribution >= 4 is 17.1 Å². The van der Waals surface area contributed by atoms with E-state index in [0.717, 1.165) is 33.8 Å².